The van der Waals surface area contributed by atoms with E-state index in [2.05, 4.69) is 10.3 Å². The Bertz CT molecular complexity index is 1220. The highest BCUT2D eigenvalue weighted by atomic mass is 32.2. The molecular weight excluding hydrogens is 418 g/mol. The maximum Gasteiger partial charge on any atom is 0.327 e. The van der Waals surface area contributed by atoms with Crippen LogP contribution in [0.3, 0.4) is 0 Å². The Labute approximate surface area is 180 Å². The van der Waals surface area contributed by atoms with Gasteiger partial charge in [-0.3, -0.25) is 18.9 Å². The van der Waals surface area contributed by atoms with E-state index in [1.165, 1.54) is 6.92 Å². The number of aryl methyl sites for hydroxylation is 1. The molecule has 0 aliphatic rings. The largest absolute Gasteiger partial charge is 0.451 e. The molecule has 8 nitrogen and oxygen atoms in total. The molecule has 9 heteroatoms. The first-order valence-corrected chi connectivity index (χ1v) is 11.4. The Morgan fingerprint density at radius 3 is 2.55 bits per heavy atom. The number of rotatable bonds is 7. The van der Waals surface area contributed by atoms with Crippen LogP contribution in [0.15, 0.2) is 60.8 Å². The van der Waals surface area contributed by atoms with Gasteiger partial charge in [0.15, 0.2) is 6.10 Å². The van der Waals surface area contributed by atoms with Gasteiger partial charge < -0.3 is 10.1 Å². The number of para-hydroxylation sites is 1. The van der Waals surface area contributed by atoms with Crippen LogP contribution in [-0.2, 0) is 24.3 Å². The quantitative estimate of drug-likeness (QED) is 0.565. The standard InChI is InChI=1S/C22H23N3O5S/c1-15-8-4-5-12-20(15)25(31(3,28)29)14-21(26)30-16(2)22(27)24-19-11-6-10-18-17(19)9-7-13-23-18/h4-13,16H,14H2,1-3H3,(H,24,27). The van der Waals surface area contributed by atoms with Crippen molar-refractivity contribution in [1.82, 2.24) is 4.98 Å². The lowest BCUT2D eigenvalue weighted by Crippen LogP contribution is -2.39. The van der Waals surface area contributed by atoms with Crippen molar-refractivity contribution in [3.63, 3.8) is 0 Å². The number of amides is 1. The van der Waals surface area contributed by atoms with Crippen molar-refractivity contribution in [2.24, 2.45) is 0 Å². The van der Waals surface area contributed by atoms with Gasteiger partial charge in [0.2, 0.25) is 10.0 Å². The molecule has 0 saturated carbocycles. The molecule has 0 aliphatic carbocycles. The first-order valence-electron chi connectivity index (χ1n) is 9.54. The maximum atomic E-state index is 12.6. The van der Waals surface area contributed by atoms with Crippen LogP contribution in [0.5, 0.6) is 0 Å². The van der Waals surface area contributed by atoms with Crippen LogP contribution < -0.4 is 9.62 Å². The molecule has 1 N–H and O–H groups in total. The summed E-state index contributed by atoms with van der Waals surface area (Å²) in [6.07, 6.45) is 1.54. The zero-order valence-electron chi connectivity index (χ0n) is 17.4. The van der Waals surface area contributed by atoms with Crippen LogP contribution in [0, 0.1) is 6.92 Å². The summed E-state index contributed by atoms with van der Waals surface area (Å²) in [7, 11) is -3.74. The molecule has 1 unspecified atom stereocenters. The third-order valence-electron chi connectivity index (χ3n) is 4.64. The molecule has 3 rings (SSSR count). The number of anilines is 2. The zero-order chi connectivity index (χ0) is 22.6. The summed E-state index contributed by atoms with van der Waals surface area (Å²) in [6, 6.07) is 15.7. The molecule has 0 aliphatic heterocycles. The van der Waals surface area contributed by atoms with Crippen molar-refractivity contribution in [3.05, 3.63) is 66.4 Å². The fourth-order valence-electron chi connectivity index (χ4n) is 3.08. The number of hydrogen-bond acceptors (Lipinski definition) is 6. The molecule has 162 valence electrons. The highest BCUT2D eigenvalue weighted by Crippen LogP contribution is 2.23. The molecule has 3 aromatic rings. The number of nitrogens with one attached hydrogen (secondary N) is 1. The summed E-state index contributed by atoms with van der Waals surface area (Å²) in [6.45, 7) is 2.63. The molecule has 1 atom stereocenters. The predicted octanol–water partition coefficient (Wildman–Crippen LogP) is 2.88. The Hall–Kier alpha value is -3.46. The van der Waals surface area contributed by atoms with Gasteiger partial charge in [-0.15, -0.1) is 0 Å². The van der Waals surface area contributed by atoms with E-state index in [1.807, 2.05) is 12.1 Å². The Balaban J connectivity index is 1.70. The highest BCUT2D eigenvalue weighted by molar-refractivity contribution is 7.92. The SMILES string of the molecule is Cc1ccccc1N(CC(=O)OC(C)C(=O)Nc1cccc2ncccc12)S(C)(=O)=O. The van der Waals surface area contributed by atoms with Crippen LogP contribution in [-0.4, -0.2) is 44.2 Å². The number of aromatic nitrogens is 1. The molecular formula is C22H23N3O5S. The summed E-state index contributed by atoms with van der Waals surface area (Å²) >= 11 is 0. The van der Waals surface area contributed by atoms with E-state index in [0.29, 0.717) is 22.5 Å². The second kappa shape index (κ2) is 9.13. The van der Waals surface area contributed by atoms with E-state index in [-0.39, 0.29) is 0 Å². The van der Waals surface area contributed by atoms with E-state index >= 15 is 0 Å². The van der Waals surface area contributed by atoms with Crippen LogP contribution in [0.1, 0.15) is 12.5 Å². The van der Waals surface area contributed by atoms with Crippen molar-refractivity contribution in [3.8, 4) is 0 Å². The summed E-state index contributed by atoms with van der Waals surface area (Å²) in [4.78, 5) is 29.2. The Morgan fingerprint density at radius 1 is 1.10 bits per heavy atom. The summed E-state index contributed by atoms with van der Waals surface area (Å²) in [5, 5.41) is 3.48. The average molecular weight is 442 g/mol. The number of benzene rings is 2. The topological polar surface area (TPSA) is 106 Å². The second-order valence-electron chi connectivity index (χ2n) is 7.05. The highest BCUT2D eigenvalue weighted by Gasteiger charge is 2.25. The van der Waals surface area contributed by atoms with Crippen molar-refractivity contribution >= 4 is 44.2 Å². The van der Waals surface area contributed by atoms with E-state index in [9.17, 15) is 18.0 Å². The van der Waals surface area contributed by atoms with Gasteiger partial charge in [0.05, 0.1) is 23.1 Å². The predicted molar refractivity (Wildman–Crippen MR) is 119 cm³/mol. The average Bonchev–Trinajstić information content (AvgIpc) is 2.72. The van der Waals surface area contributed by atoms with Crippen LogP contribution in [0.4, 0.5) is 11.4 Å². The number of carbonyl (C=O) groups is 2. The fraction of sp³-hybridized carbons (Fsp3) is 0.227. The van der Waals surface area contributed by atoms with Crippen molar-refractivity contribution < 1.29 is 22.7 Å². The van der Waals surface area contributed by atoms with E-state index in [0.717, 1.165) is 15.9 Å². The molecule has 0 radical (unpaired) electrons. The van der Waals surface area contributed by atoms with E-state index in [1.54, 1.807) is 55.6 Å². The fourth-order valence-corrected chi connectivity index (χ4v) is 3.98. The van der Waals surface area contributed by atoms with Crippen LogP contribution in [0.25, 0.3) is 10.9 Å². The number of ether oxygens (including phenoxy) is 1. The van der Waals surface area contributed by atoms with Gasteiger partial charge in [-0.2, -0.15) is 0 Å². The third-order valence-corrected chi connectivity index (χ3v) is 5.76. The lowest BCUT2D eigenvalue weighted by atomic mass is 10.2. The lowest BCUT2D eigenvalue weighted by Gasteiger charge is -2.24. The number of esters is 1. The van der Waals surface area contributed by atoms with Gasteiger partial charge in [0.25, 0.3) is 5.91 Å². The normalized spacial score (nSPS) is 12.2. The number of nitrogens with zero attached hydrogens (tertiary/aromatic N) is 2. The van der Waals surface area contributed by atoms with Gasteiger partial charge in [0, 0.05) is 11.6 Å². The minimum absolute atomic E-state index is 0.377. The molecule has 1 heterocycles. The number of hydrogen-bond donors (Lipinski definition) is 1. The first-order chi connectivity index (χ1) is 14.7. The minimum Gasteiger partial charge on any atom is -0.451 e. The van der Waals surface area contributed by atoms with Gasteiger partial charge >= 0.3 is 5.97 Å². The van der Waals surface area contributed by atoms with Crippen molar-refractivity contribution in [2.75, 3.05) is 22.4 Å². The van der Waals surface area contributed by atoms with E-state index < -0.39 is 34.5 Å². The van der Waals surface area contributed by atoms with Crippen LogP contribution >= 0.6 is 0 Å². The maximum absolute atomic E-state index is 12.6. The first kappa shape index (κ1) is 22.2. The number of carbonyl (C=O) groups excluding carboxylic acids is 2. The molecule has 0 saturated heterocycles. The lowest BCUT2D eigenvalue weighted by molar-refractivity contribution is -0.151. The molecule has 0 fully saturated rings. The molecule has 0 bridgehead atoms. The van der Waals surface area contributed by atoms with Gasteiger partial charge in [-0.25, -0.2) is 8.42 Å². The summed E-state index contributed by atoms with van der Waals surface area (Å²) in [5.74, 6) is -1.37. The smallest absolute Gasteiger partial charge is 0.327 e. The molecule has 31 heavy (non-hydrogen) atoms. The molecule has 1 amide bonds. The van der Waals surface area contributed by atoms with E-state index in [4.69, 9.17) is 4.74 Å². The summed E-state index contributed by atoms with van der Waals surface area (Å²) in [5.41, 5.74) is 2.32. The van der Waals surface area contributed by atoms with Crippen molar-refractivity contribution in [1.29, 1.82) is 0 Å². The minimum atomic E-state index is -3.74. The molecule has 0 spiro atoms. The van der Waals surface area contributed by atoms with Gasteiger partial charge in [0.1, 0.15) is 6.54 Å². The number of sulfonamides is 1. The van der Waals surface area contributed by atoms with Crippen molar-refractivity contribution in [2.45, 2.75) is 20.0 Å². The van der Waals surface area contributed by atoms with Crippen LogP contribution in [0.2, 0.25) is 0 Å². The second-order valence-corrected chi connectivity index (χ2v) is 8.96. The zero-order valence-corrected chi connectivity index (χ0v) is 18.2. The number of fused-ring (bicyclic) bond motifs is 1. The third kappa shape index (κ3) is 5.37. The number of pyridine rings is 1. The van der Waals surface area contributed by atoms with Gasteiger partial charge in [-0.1, -0.05) is 24.3 Å². The summed E-state index contributed by atoms with van der Waals surface area (Å²) < 4.78 is 30.7. The molecule has 1 aromatic heterocycles. The monoisotopic (exact) mass is 441 g/mol. The Kier molecular flexibility index (Phi) is 6.55. The van der Waals surface area contributed by atoms with Gasteiger partial charge in [-0.05, 0) is 49.7 Å². The molecule has 2 aromatic carbocycles. The Morgan fingerprint density at radius 2 is 1.84 bits per heavy atom.